The molecule has 0 bridgehead atoms. The molecule has 0 aliphatic carbocycles. The number of halogens is 2. The molecule has 6 nitrogen and oxygen atoms in total. The van der Waals surface area contributed by atoms with E-state index in [1.807, 2.05) is 6.92 Å². The SMILES string of the molecule is CCOc1ccc(N(CC(=O)N[C@H](C)c2ccc(F)cc2)S(=O)(=O)c2ccc(Br)cc2)cc1. The summed E-state index contributed by atoms with van der Waals surface area (Å²) in [5, 5.41) is 2.78. The largest absolute Gasteiger partial charge is 0.494 e. The topological polar surface area (TPSA) is 75.7 Å². The van der Waals surface area contributed by atoms with E-state index in [1.165, 1.54) is 24.3 Å². The molecule has 3 rings (SSSR count). The number of benzene rings is 3. The Hall–Kier alpha value is -2.91. The van der Waals surface area contributed by atoms with Gasteiger partial charge in [-0.15, -0.1) is 0 Å². The fourth-order valence-electron chi connectivity index (χ4n) is 3.18. The van der Waals surface area contributed by atoms with Crippen molar-refractivity contribution in [3.8, 4) is 5.75 Å². The summed E-state index contributed by atoms with van der Waals surface area (Å²) < 4.78 is 47.3. The Labute approximate surface area is 201 Å². The number of carbonyl (C=O) groups excluding carboxylic acids is 1. The van der Waals surface area contributed by atoms with Crippen molar-refractivity contribution in [2.45, 2.75) is 24.8 Å². The highest BCUT2D eigenvalue weighted by Crippen LogP contribution is 2.27. The van der Waals surface area contributed by atoms with Gasteiger partial charge in [0.2, 0.25) is 5.91 Å². The summed E-state index contributed by atoms with van der Waals surface area (Å²) in [6.45, 7) is 3.64. The minimum absolute atomic E-state index is 0.0546. The van der Waals surface area contributed by atoms with Crippen LogP contribution in [0.5, 0.6) is 5.75 Å². The molecule has 3 aromatic carbocycles. The van der Waals surface area contributed by atoms with Gasteiger partial charge in [0.15, 0.2) is 0 Å². The number of hydrogen-bond donors (Lipinski definition) is 1. The van der Waals surface area contributed by atoms with E-state index in [9.17, 15) is 17.6 Å². The number of nitrogens with one attached hydrogen (secondary N) is 1. The summed E-state index contributed by atoms with van der Waals surface area (Å²) in [6.07, 6.45) is 0. The second-order valence-corrected chi connectivity index (χ2v) is 10.0. The zero-order valence-corrected chi connectivity index (χ0v) is 20.6. The molecule has 33 heavy (non-hydrogen) atoms. The Morgan fingerprint density at radius 2 is 1.64 bits per heavy atom. The maximum atomic E-state index is 13.4. The number of anilines is 1. The van der Waals surface area contributed by atoms with Crippen LogP contribution in [0.1, 0.15) is 25.5 Å². The smallest absolute Gasteiger partial charge is 0.264 e. The lowest BCUT2D eigenvalue weighted by Crippen LogP contribution is -2.41. The lowest BCUT2D eigenvalue weighted by atomic mass is 10.1. The van der Waals surface area contributed by atoms with Gasteiger partial charge >= 0.3 is 0 Å². The Morgan fingerprint density at radius 3 is 2.21 bits per heavy atom. The molecule has 0 aliphatic rings. The van der Waals surface area contributed by atoms with Crippen LogP contribution in [-0.4, -0.2) is 27.5 Å². The van der Waals surface area contributed by atoms with Crippen LogP contribution in [0, 0.1) is 5.82 Å². The third kappa shape index (κ3) is 6.33. The molecule has 0 heterocycles. The fraction of sp³-hybridized carbons (Fsp3) is 0.208. The Kier molecular flexibility index (Phi) is 8.10. The molecule has 9 heteroatoms. The van der Waals surface area contributed by atoms with Crippen molar-refractivity contribution in [3.05, 3.63) is 88.6 Å². The van der Waals surface area contributed by atoms with E-state index in [-0.39, 0.29) is 10.7 Å². The van der Waals surface area contributed by atoms with Crippen molar-refractivity contribution in [1.29, 1.82) is 0 Å². The average Bonchev–Trinajstić information content (AvgIpc) is 2.79. The van der Waals surface area contributed by atoms with Crippen LogP contribution in [0.3, 0.4) is 0 Å². The van der Waals surface area contributed by atoms with Crippen LogP contribution in [0.15, 0.2) is 82.2 Å². The first-order chi connectivity index (χ1) is 15.7. The predicted molar refractivity (Wildman–Crippen MR) is 129 cm³/mol. The average molecular weight is 535 g/mol. The minimum atomic E-state index is -4.04. The molecule has 174 valence electrons. The summed E-state index contributed by atoms with van der Waals surface area (Å²) in [5.74, 6) is -0.280. The molecule has 1 atom stereocenters. The van der Waals surface area contributed by atoms with Crippen LogP contribution < -0.4 is 14.4 Å². The highest BCUT2D eigenvalue weighted by atomic mass is 79.9. The van der Waals surface area contributed by atoms with Crippen LogP contribution in [-0.2, 0) is 14.8 Å². The normalized spacial score (nSPS) is 12.1. The van der Waals surface area contributed by atoms with Crippen LogP contribution in [0.2, 0.25) is 0 Å². The fourth-order valence-corrected chi connectivity index (χ4v) is 4.86. The number of amides is 1. The van der Waals surface area contributed by atoms with Crippen molar-refractivity contribution in [1.82, 2.24) is 5.32 Å². The number of sulfonamides is 1. The van der Waals surface area contributed by atoms with Gasteiger partial charge in [0.05, 0.1) is 23.2 Å². The van der Waals surface area contributed by atoms with E-state index in [0.29, 0.717) is 23.6 Å². The van der Waals surface area contributed by atoms with Crippen molar-refractivity contribution in [2.75, 3.05) is 17.5 Å². The molecule has 1 N–H and O–H groups in total. The second kappa shape index (κ2) is 10.8. The van der Waals surface area contributed by atoms with Gasteiger partial charge in [-0.1, -0.05) is 28.1 Å². The zero-order chi connectivity index (χ0) is 24.0. The Morgan fingerprint density at radius 1 is 1.03 bits per heavy atom. The quantitative estimate of drug-likeness (QED) is 0.416. The van der Waals surface area contributed by atoms with Gasteiger partial charge in [0.1, 0.15) is 18.1 Å². The van der Waals surface area contributed by atoms with E-state index < -0.39 is 28.5 Å². The van der Waals surface area contributed by atoms with Gasteiger partial charge in [0, 0.05) is 4.47 Å². The van der Waals surface area contributed by atoms with Gasteiger partial charge in [0.25, 0.3) is 10.0 Å². The standard InChI is InChI=1S/C24H24BrFN2O4S/c1-3-32-22-12-10-21(11-13-22)28(33(30,31)23-14-6-19(25)7-15-23)16-24(29)27-17(2)18-4-8-20(26)9-5-18/h4-15,17H,3,16H2,1-2H3,(H,27,29)/t17-/m1/s1. The highest BCUT2D eigenvalue weighted by Gasteiger charge is 2.28. The summed E-state index contributed by atoms with van der Waals surface area (Å²) in [7, 11) is -4.04. The molecular weight excluding hydrogens is 511 g/mol. The van der Waals surface area contributed by atoms with Gasteiger partial charge in [-0.25, -0.2) is 12.8 Å². The minimum Gasteiger partial charge on any atom is -0.494 e. The molecule has 0 fully saturated rings. The monoisotopic (exact) mass is 534 g/mol. The summed E-state index contributed by atoms with van der Waals surface area (Å²) in [4.78, 5) is 12.9. The first-order valence-corrected chi connectivity index (χ1v) is 12.5. The number of ether oxygens (including phenoxy) is 1. The summed E-state index contributed by atoms with van der Waals surface area (Å²) in [6, 6.07) is 18.0. The maximum Gasteiger partial charge on any atom is 0.264 e. The zero-order valence-electron chi connectivity index (χ0n) is 18.2. The predicted octanol–water partition coefficient (Wildman–Crippen LogP) is 5.06. The highest BCUT2D eigenvalue weighted by molar-refractivity contribution is 9.10. The first kappa shape index (κ1) is 24.7. The van der Waals surface area contributed by atoms with E-state index in [0.717, 1.165) is 8.78 Å². The second-order valence-electron chi connectivity index (χ2n) is 7.23. The molecule has 1 amide bonds. The third-order valence-electron chi connectivity index (χ3n) is 4.87. The number of rotatable bonds is 9. The molecule has 3 aromatic rings. The summed E-state index contributed by atoms with van der Waals surface area (Å²) in [5.41, 5.74) is 1.03. The molecule has 0 unspecified atom stereocenters. The summed E-state index contributed by atoms with van der Waals surface area (Å²) >= 11 is 3.30. The van der Waals surface area contributed by atoms with Gasteiger partial charge < -0.3 is 10.1 Å². The Balaban J connectivity index is 1.88. The lowest BCUT2D eigenvalue weighted by molar-refractivity contribution is -0.120. The van der Waals surface area contributed by atoms with Gasteiger partial charge in [-0.2, -0.15) is 0 Å². The first-order valence-electron chi connectivity index (χ1n) is 10.3. The number of nitrogens with zero attached hydrogens (tertiary/aromatic N) is 1. The lowest BCUT2D eigenvalue weighted by Gasteiger charge is -2.25. The van der Waals surface area contributed by atoms with Crippen molar-refractivity contribution < 1.29 is 22.3 Å². The number of hydrogen-bond acceptors (Lipinski definition) is 4. The van der Waals surface area contributed by atoms with Gasteiger partial charge in [-0.3, -0.25) is 9.10 Å². The van der Waals surface area contributed by atoms with Crippen LogP contribution in [0.4, 0.5) is 10.1 Å². The van der Waals surface area contributed by atoms with E-state index in [4.69, 9.17) is 4.74 Å². The van der Waals surface area contributed by atoms with E-state index in [2.05, 4.69) is 21.2 Å². The molecule has 0 saturated carbocycles. The maximum absolute atomic E-state index is 13.4. The molecule has 0 radical (unpaired) electrons. The van der Waals surface area contributed by atoms with Crippen LogP contribution in [0.25, 0.3) is 0 Å². The van der Waals surface area contributed by atoms with E-state index >= 15 is 0 Å². The van der Waals surface area contributed by atoms with E-state index in [1.54, 1.807) is 55.5 Å². The molecule has 0 aliphatic heterocycles. The van der Waals surface area contributed by atoms with Crippen molar-refractivity contribution >= 4 is 37.5 Å². The third-order valence-corrected chi connectivity index (χ3v) is 7.19. The van der Waals surface area contributed by atoms with Crippen molar-refractivity contribution in [3.63, 3.8) is 0 Å². The molecule has 0 aromatic heterocycles. The molecular formula is C24H24BrFN2O4S. The van der Waals surface area contributed by atoms with Crippen LogP contribution >= 0.6 is 15.9 Å². The molecule has 0 saturated heterocycles. The molecule has 0 spiro atoms. The van der Waals surface area contributed by atoms with Crippen molar-refractivity contribution in [2.24, 2.45) is 0 Å². The Bertz CT molecular complexity index is 1180. The van der Waals surface area contributed by atoms with Gasteiger partial charge in [-0.05, 0) is 80.1 Å². The number of carbonyl (C=O) groups is 1.